The van der Waals surface area contributed by atoms with Crippen molar-refractivity contribution < 1.29 is 14.7 Å². The largest absolute Gasteiger partial charge is 0.391 e. The van der Waals surface area contributed by atoms with Crippen LogP contribution in [0.5, 0.6) is 0 Å². The van der Waals surface area contributed by atoms with Crippen molar-refractivity contribution in [2.75, 3.05) is 32.7 Å². The number of ketones is 1. The monoisotopic (exact) mass is 445 g/mol. The number of hydrogen-bond donors (Lipinski definition) is 2. The molecular weight excluding hydrogens is 414 g/mol. The highest BCUT2D eigenvalue weighted by atomic mass is 35.5. The fourth-order valence-electron chi connectivity index (χ4n) is 4.89. The molecular formula is C24H32ClN3O3. The molecule has 6 nitrogen and oxygen atoms in total. The normalized spacial score (nSPS) is 27.4. The topological polar surface area (TPSA) is 72.9 Å². The van der Waals surface area contributed by atoms with E-state index in [4.69, 9.17) is 11.6 Å². The number of carbonyl (C=O) groups excluding carboxylic acids is 2. The van der Waals surface area contributed by atoms with Crippen LogP contribution in [-0.2, 0) is 9.59 Å². The minimum absolute atomic E-state index is 0.0352. The molecule has 1 spiro atoms. The van der Waals surface area contributed by atoms with Crippen LogP contribution < -0.4 is 5.32 Å². The van der Waals surface area contributed by atoms with Crippen LogP contribution >= 0.6 is 11.6 Å². The summed E-state index contributed by atoms with van der Waals surface area (Å²) < 4.78 is 0. The Bertz CT molecular complexity index is 854. The lowest BCUT2D eigenvalue weighted by atomic mass is 9.88. The van der Waals surface area contributed by atoms with Gasteiger partial charge >= 0.3 is 0 Å². The van der Waals surface area contributed by atoms with E-state index in [0.717, 1.165) is 37.9 Å². The maximum absolute atomic E-state index is 13.3. The van der Waals surface area contributed by atoms with Crippen molar-refractivity contribution >= 4 is 29.4 Å². The van der Waals surface area contributed by atoms with Crippen molar-refractivity contribution in [2.24, 2.45) is 5.41 Å². The number of piperidine rings is 1. The number of carbonyl (C=O) groups is 2. The van der Waals surface area contributed by atoms with Gasteiger partial charge in [-0.2, -0.15) is 0 Å². The molecule has 0 radical (unpaired) electrons. The summed E-state index contributed by atoms with van der Waals surface area (Å²) in [4.78, 5) is 29.6. The smallest absolute Gasteiger partial charge is 0.237 e. The molecule has 4 rings (SSSR count). The second-order valence-electron chi connectivity index (χ2n) is 9.22. The summed E-state index contributed by atoms with van der Waals surface area (Å²) >= 11 is 6.06. The van der Waals surface area contributed by atoms with Crippen LogP contribution in [0.4, 0.5) is 0 Å². The highest BCUT2D eigenvalue weighted by molar-refractivity contribution is 6.30. The van der Waals surface area contributed by atoms with Gasteiger partial charge in [-0.1, -0.05) is 29.8 Å². The molecule has 0 bridgehead atoms. The van der Waals surface area contributed by atoms with Crippen LogP contribution in [0.2, 0.25) is 5.02 Å². The maximum Gasteiger partial charge on any atom is 0.237 e. The number of amides is 1. The van der Waals surface area contributed by atoms with Gasteiger partial charge < -0.3 is 10.4 Å². The van der Waals surface area contributed by atoms with Gasteiger partial charge in [0.05, 0.1) is 18.2 Å². The van der Waals surface area contributed by atoms with Crippen LogP contribution in [0.15, 0.2) is 30.3 Å². The Labute approximate surface area is 189 Å². The van der Waals surface area contributed by atoms with Gasteiger partial charge in [-0.15, -0.1) is 0 Å². The van der Waals surface area contributed by atoms with Gasteiger partial charge in [0.15, 0.2) is 5.78 Å². The quantitative estimate of drug-likeness (QED) is 0.630. The first-order valence-corrected chi connectivity index (χ1v) is 11.7. The summed E-state index contributed by atoms with van der Waals surface area (Å²) in [5, 5.41) is 14.2. The van der Waals surface area contributed by atoms with Gasteiger partial charge in [0.1, 0.15) is 0 Å². The number of nitrogens with zero attached hydrogens (tertiary/aromatic N) is 2. The van der Waals surface area contributed by atoms with Gasteiger partial charge in [-0.3, -0.25) is 19.4 Å². The molecule has 1 aliphatic carbocycles. The minimum Gasteiger partial charge on any atom is -0.391 e. The standard InChI is InChI=1S/C24H32ClN3O3/c1-17-23(31)26-11-14-27(17)12-7-20(28-13-10-24(8-9-24)22(30)16-28)21(29)6-5-18-3-2-4-19(25)15-18/h2-6,15,17,20,22,30H,7-14,16H2,1H3,(H,26,31)/b6-5+/t17-,20?,22+/m0/s1. The molecule has 7 heteroatoms. The Morgan fingerprint density at radius 2 is 2.16 bits per heavy atom. The molecule has 1 unspecified atom stereocenters. The second-order valence-corrected chi connectivity index (χ2v) is 9.66. The molecule has 2 heterocycles. The minimum atomic E-state index is -0.367. The first-order chi connectivity index (χ1) is 14.9. The molecule has 1 aromatic rings. The lowest BCUT2D eigenvalue weighted by Gasteiger charge is -2.41. The molecule has 1 aromatic carbocycles. The summed E-state index contributed by atoms with van der Waals surface area (Å²) in [6.45, 7) is 5.38. The van der Waals surface area contributed by atoms with Crippen molar-refractivity contribution in [1.82, 2.24) is 15.1 Å². The summed E-state index contributed by atoms with van der Waals surface area (Å²) in [6.07, 6.45) is 6.84. The van der Waals surface area contributed by atoms with Crippen LogP contribution in [-0.4, -0.2) is 77.5 Å². The predicted octanol–water partition coefficient (Wildman–Crippen LogP) is 2.35. The number of β-amino-alcohol motifs (C(OH)–C–C–N with tert-alkyl or cyclic N) is 1. The van der Waals surface area contributed by atoms with E-state index in [1.165, 1.54) is 0 Å². The molecule has 2 N–H and O–H groups in total. The van der Waals surface area contributed by atoms with E-state index in [2.05, 4.69) is 15.1 Å². The van der Waals surface area contributed by atoms with E-state index in [0.29, 0.717) is 31.1 Å². The maximum atomic E-state index is 13.3. The number of piperazine rings is 1. The number of benzene rings is 1. The molecule has 2 aliphatic heterocycles. The number of rotatable bonds is 7. The van der Waals surface area contributed by atoms with Crippen LogP contribution in [0.25, 0.3) is 6.08 Å². The average Bonchev–Trinajstić information content (AvgIpc) is 3.53. The van der Waals surface area contributed by atoms with Gasteiger partial charge in [0.2, 0.25) is 5.91 Å². The molecule has 3 atom stereocenters. The number of aliphatic hydroxyl groups excluding tert-OH is 1. The Hall–Kier alpha value is -1.73. The zero-order valence-corrected chi connectivity index (χ0v) is 18.9. The summed E-state index contributed by atoms with van der Waals surface area (Å²) in [5.41, 5.74) is 0.983. The number of aliphatic hydroxyl groups is 1. The number of nitrogens with one attached hydrogen (secondary N) is 1. The van der Waals surface area contributed by atoms with E-state index < -0.39 is 0 Å². The molecule has 0 aromatic heterocycles. The SMILES string of the molecule is C[C@H]1C(=O)NCCN1CCC(C(=O)/C=C/c1cccc(Cl)c1)N1CCC2(CC2)[C@H](O)C1. The van der Waals surface area contributed by atoms with E-state index in [-0.39, 0.29) is 35.3 Å². The van der Waals surface area contributed by atoms with Crippen molar-refractivity contribution in [2.45, 2.75) is 50.8 Å². The zero-order chi connectivity index (χ0) is 22.0. The Morgan fingerprint density at radius 3 is 2.87 bits per heavy atom. The third kappa shape index (κ3) is 5.20. The molecule has 31 heavy (non-hydrogen) atoms. The van der Waals surface area contributed by atoms with E-state index in [1.807, 2.05) is 31.2 Å². The third-order valence-electron chi connectivity index (χ3n) is 7.28. The van der Waals surface area contributed by atoms with Crippen LogP contribution in [0, 0.1) is 5.41 Å². The summed E-state index contributed by atoms with van der Waals surface area (Å²) in [5.74, 6) is 0.0760. The van der Waals surface area contributed by atoms with Crippen molar-refractivity contribution in [1.29, 1.82) is 0 Å². The van der Waals surface area contributed by atoms with E-state index >= 15 is 0 Å². The first-order valence-electron chi connectivity index (χ1n) is 11.3. The first kappa shape index (κ1) is 22.5. The van der Waals surface area contributed by atoms with Crippen LogP contribution in [0.1, 0.15) is 38.2 Å². The molecule has 2 saturated heterocycles. The molecule has 1 amide bonds. The highest BCUT2D eigenvalue weighted by Gasteiger charge is 2.52. The fourth-order valence-corrected chi connectivity index (χ4v) is 5.09. The molecule has 1 saturated carbocycles. The predicted molar refractivity (Wildman–Crippen MR) is 122 cm³/mol. The second kappa shape index (κ2) is 9.41. The molecule has 3 aliphatic rings. The van der Waals surface area contributed by atoms with E-state index in [9.17, 15) is 14.7 Å². The average molecular weight is 446 g/mol. The van der Waals surface area contributed by atoms with Gasteiger partial charge in [0, 0.05) is 31.2 Å². The molecule has 3 fully saturated rings. The molecule has 168 valence electrons. The Balaban J connectivity index is 1.46. The van der Waals surface area contributed by atoms with Crippen molar-refractivity contribution in [3.8, 4) is 0 Å². The third-order valence-corrected chi connectivity index (χ3v) is 7.51. The van der Waals surface area contributed by atoms with Gasteiger partial charge in [-0.25, -0.2) is 0 Å². The number of likely N-dealkylation sites (tertiary alicyclic amines) is 1. The van der Waals surface area contributed by atoms with Crippen molar-refractivity contribution in [3.05, 3.63) is 40.9 Å². The Morgan fingerprint density at radius 1 is 1.35 bits per heavy atom. The number of hydrogen-bond acceptors (Lipinski definition) is 5. The van der Waals surface area contributed by atoms with E-state index in [1.54, 1.807) is 12.2 Å². The van der Waals surface area contributed by atoms with Gasteiger partial charge in [-0.05, 0) is 68.3 Å². The number of halogens is 1. The summed E-state index contributed by atoms with van der Waals surface area (Å²) in [6, 6.07) is 6.92. The van der Waals surface area contributed by atoms with Gasteiger partial charge in [0.25, 0.3) is 0 Å². The summed E-state index contributed by atoms with van der Waals surface area (Å²) in [7, 11) is 0. The van der Waals surface area contributed by atoms with Crippen LogP contribution in [0.3, 0.4) is 0 Å². The lowest BCUT2D eigenvalue weighted by Crippen LogP contribution is -2.56. The fraction of sp³-hybridized carbons (Fsp3) is 0.583. The Kier molecular flexibility index (Phi) is 6.82. The van der Waals surface area contributed by atoms with Crippen molar-refractivity contribution in [3.63, 3.8) is 0 Å². The lowest BCUT2D eigenvalue weighted by molar-refractivity contribution is -0.128. The zero-order valence-electron chi connectivity index (χ0n) is 18.1. The highest BCUT2D eigenvalue weighted by Crippen LogP contribution is 2.53.